The van der Waals surface area contributed by atoms with E-state index in [1.54, 1.807) is 48.8 Å². The third-order valence-corrected chi connectivity index (χ3v) is 2.46. The predicted octanol–water partition coefficient (Wildman–Crippen LogP) is 1.27. The summed E-state index contributed by atoms with van der Waals surface area (Å²) in [7, 11) is 0. The molecule has 0 aliphatic heterocycles. The highest BCUT2D eigenvalue weighted by Crippen LogP contribution is 2.11. The first-order valence-corrected chi connectivity index (χ1v) is 5.73. The van der Waals surface area contributed by atoms with Gasteiger partial charge in [-0.05, 0) is 23.3 Å². The fourth-order valence-corrected chi connectivity index (χ4v) is 1.47. The fraction of sp³-hybridized carbons (Fsp3) is 0.0714. The first kappa shape index (κ1) is 12.9. The van der Waals surface area contributed by atoms with Crippen LogP contribution in [0.2, 0.25) is 0 Å². The van der Waals surface area contributed by atoms with Gasteiger partial charge in [0, 0.05) is 12.4 Å². The van der Waals surface area contributed by atoms with Gasteiger partial charge in [0.05, 0.1) is 6.21 Å². The van der Waals surface area contributed by atoms with E-state index in [-0.39, 0.29) is 0 Å². The Morgan fingerprint density at radius 3 is 2.58 bits per heavy atom. The standard InChI is InChI=1S/C14H13N3O2/c18-13(12-4-2-1-3-5-12)14(19)17-16-10-11-6-8-15-9-7-11/h1-10,13,18H,(H,17,19)/b16-10+/t13-/m0/s1. The van der Waals surface area contributed by atoms with Crippen LogP contribution in [0.1, 0.15) is 17.2 Å². The molecule has 5 heteroatoms. The van der Waals surface area contributed by atoms with Crippen molar-refractivity contribution in [3.05, 3.63) is 66.0 Å². The number of carbonyl (C=O) groups excluding carboxylic acids is 1. The van der Waals surface area contributed by atoms with Gasteiger partial charge in [0.15, 0.2) is 6.10 Å². The summed E-state index contributed by atoms with van der Waals surface area (Å²) in [4.78, 5) is 15.5. The maximum Gasteiger partial charge on any atom is 0.273 e. The summed E-state index contributed by atoms with van der Waals surface area (Å²) in [6, 6.07) is 12.2. The SMILES string of the molecule is O=C(N/N=C/c1ccncc1)[C@@H](O)c1ccccc1. The van der Waals surface area contributed by atoms with Gasteiger partial charge in [-0.3, -0.25) is 9.78 Å². The molecule has 0 bridgehead atoms. The lowest BCUT2D eigenvalue weighted by molar-refractivity contribution is -0.129. The average molecular weight is 255 g/mol. The largest absolute Gasteiger partial charge is 0.378 e. The van der Waals surface area contributed by atoms with Crippen molar-refractivity contribution in [1.82, 2.24) is 10.4 Å². The third-order valence-electron chi connectivity index (χ3n) is 2.46. The molecule has 0 radical (unpaired) electrons. The minimum Gasteiger partial charge on any atom is -0.378 e. The van der Waals surface area contributed by atoms with Gasteiger partial charge in [0.1, 0.15) is 0 Å². The highest BCUT2D eigenvalue weighted by molar-refractivity contribution is 5.84. The van der Waals surface area contributed by atoms with Crippen molar-refractivity contribution in [2.45, 2.75) is 6.10 Å². The molecule has 1 aromatic carbocycles. The Balaban J connectivity index is 1.93. The second-order valence-electron chi connectivity index (χ2n) is 3.83. The number of aromatic nitrogens is 1. The molecule has 0 saturated carbocycles. The molecule has 0 aliphatic carbocycles. The lowest BCUT2D eigenvalue weighted by atomic mass is 10.1. The Kier molecular flexibility index (Phi) is 4.36. The van der Waals surface area contributed by atoms with Crippen LogP contribution in [0.15, 0.2) is 60.0 Å². The van der Waals surface area contributed by atoms with Crippen LogP contribution in [0.4, 0.5) is 0 Å². The van der Waals surface area contributed by atoms with Crippen LogP contribution >= 0.6 is 0 Å². The zero-order chi connectivity index (χ0) is 13.5. The van der Waals surface area contributed by atoms with E-state index in [1.807, 2.05) is 6.07 Å². The van der Waals surface area contributed by atoms with Crippen LogP contribution in [-0.4, -0.2) is 22.2 Å². The van der Waals surface area contributed by atoms with Gasteiger partial charge in [0.2, 0.25) is 0 Å². The van der Waals surface area contributed by atoms with Crippen LogP contribution < -0.4 is 5.43 Å². The number of nitrogens with zero attached hydrogens (tertiary/aromatic N) is 2. The number of pyridine rings is 1. The highest BCUT2D eigenvalue weighted by atomic mass is 16.3. The van der Waals surface area contributed by atoms with Gasteiger partial charge >= 0.3 is 0 Å². The number of nitrogens with one attached hydrogen (secondary N) is 1. The van der Waals surface area contributed by atoms with E-state index in [0.29, 0.717) is 5.56 Å². The van der Waals surface area contributed by atoms with Crippen LogP contribution in [0.5, 0.6) is 0 Å². The first-order valence-electron chi connectivity index (χ1n) is 5.73. The Hall–Kier alpha value is -2.53. The Labute approximate surface area is 110 Å². The molecule has 19 heavy (non-hydrogen) atoms. The minimum atomic E-state index is -1.23. The second-order valence-corrected chi connectivity index (χ2v) is 3.83. The minimum absolute atomic E-state index is 0.527. The first-order chi connectivity index (χ1) is 9.27. The van der Waals surface area contributed by atoms with Crippen molar-refractivity contribution < 1.29 is 9.90 Å². The molecule has 5 nitrogen and oxygen atoms in total. The van der Waals surface area contributed by atoms with Gasteiger partial charge < -0.3 is 5.11 Å². The van der Waals surface area contributed by atoms with Gasteiger partial charge in [0.25, 0.3) is 5.91 Å². The zero-order valence-corrected chi connectivity index (χ0v) is 10.1. The second kappa shape index (κ2) is 6.42. The van der Waals surface area contributed by atoms with Gasteiger partial charge in [-0.15, -0.1) is 0 Å². The lowest BCUT2D eigenvalue weighted by Crippen LogP contribution is -2.25. The van der Waals surface area contributed by atoms with Crippen molar-refractivity contribution >= 4 is 12.1 Å². The van der Waals surface area contributed by atoms with E-state index in [0.717, 1.165) is 5.56 Å². The van der Waals surface area contributed by atoms with Crippen LogP contribution in [-0.2, 0) is 4.79 Å². The average Bonchev–Trinajstić information content (AvgIpc) is 2.48. The molecule has 1 amide bonds. The van der Waals surface area contributed by atoms with E-state index in [9.17, 15) is 9.90 Å². The van der Waals surface area contributed by atoms with Crippen molar-refractivity contribution in [2.24, 2.45) is 5.10 Å². The van der Waals surface area contributed by atoms with E-state index in [4.69, 9.17) is 0 Å². The summed E-state index contributed by atoms with van der Waals surface area (Å²) < 4.78 is 0. The van der Waals surface area contributed by atoms with Gasteiger partial charge in [-0.1, -0.05) is 30.3 Å². The molecule has 2 aromatic rings. The van der Waals surface area contributed by atoms with Gasteiger partial charge in [-0.2, -0.15) is 5.10 Å². The molecule has 0 unspecified atom stereocenters. The Morgan fingerprint density at radius 2 is 1.89 bits per heavy atom. The molecule has 2 N–H and O–H groups in total. The van der Waals surface area contributed by atoms with E-state index in [2.05, 4.69) is 15.5 Å². The van der Waals surface area contributed by atoms with Crippen molar-refractivity contribution in [2.75, 3.05) is 0 Å². The Bertz CT molecular complexity index is 555. The fourth-order valence-electron chi connectivity index (χ4n) is 1.47. The molecule has 96 valence electrons. The van der Waals surface area contributed by atoms with E-state index in [1.165, 1.54) is 6.21 Å². The maximum absolute atomic E-state index is 11.6. The highest BCUT2D eigenvalue weighted by Gasteiger charge is 2.15. The summed E-state index contributed by atoms with van der Waals surface area (Å²) in [5.41, 5.74) is 3.63. The number of hydrogen-bond donors (Lipinski definition) is 2. The quantitative estimate of drug-likeness (QED) is 0.638. The molecule has 1 heterocycles. The van der Waals surface area contributed by atoms with Crippen molar-refractivity contribution in [3.8, 4) is 0 Å². The van der Waals surface area contributed by atoms with E-state index < -0.39 is 12.0 Å². The van der Waals surface area contributed by atoms with Crippen LogP contribution in [0.3, 0.4) is 0 Å². The lowest BCUT2D eigenvalue weighted by Gasteiger charge is -2.08. The topological polar surface area (TPSA) is 74.6 Å². The summed E-state index contributed by atoms with van der Waals surface area (Å²) in [5, 5.41) is 13.6. The molecular formula is C14H13N3O2. The summed E-state index contributed by atoms with van der Waals surface area (Å²) >= 11 is 0. The Morgan fingerprint density at radius 1 is 1.21 bits per heavy atom. The zero-order valence-electron chi connectivity index (χ0n) is 10.1. The van der Waals surface area contributed by atoms with Crippen molar-refractivity contribution in [3.63, 3.8) is 0 Å². The predicted molar refractivity (Wildman–Crippen MR) is 71.4 cm³/mol. The molecule has 0 fully saturated rings. The smallest absolute Gasteiger partial charge is 0.273 e. The van der Waals surface area contributed by atoms with Crippen LogP contribution in [0, 0.1) is 0 Å². The summed E-state index contributed by atoms with van der Waals surface area (Å²) in [6.45, 7) is 0. The number of carbonyl (C=O) groups is 1. The number of amides is 1. The number of aliphatic hydroxyl groups is 1. The normalized spacial score (nSPS) is 12.3. The number of hydrogen-bond acceptors (Lipinski definition) is 4. The molecule has 0 aliphatic rings. The monoisotopic (exact) mass is 255 g/mol. The van der Waals surface area contributed by atoms with Crippen molar-refractivity contribution in [1.29, 1.82) is 0 Å². The number of rotatable bonds is 4. The molecule has 1 atom stereocenters. The third kappa shape index (κ3) is 3.72. The molecule has 0 spiro atoms. The number of benzene rings is 1. The summed E-state index contributed by atoms with van der Waals surface area (Å²) in [5.74, 6) is -0.573. The molecule has 2 rings (SSSR count). The van der Waals surface area contributed by atoms with Gasteiger partial charge in [-0.25, -0.2) is 5.43 Å². The summed E-state index contributed by atoms with van der Waals surface area (Å²) in [6.07, 6.45) is 3.51. The number of hydrazone groups is 1. The molecule has 0 saturated heterocycles. The molecule has 1 aromatic heterocycles. The van der Waals surface area contributed by atoms with Crippen LogP contribution in [0.25, 0.3) is 0 Å². The number of aliphatic hydroxyl groups excluding tert-OH is 1. The van der Waals surface area contributed by atoms with E-state index >= 15 is 0 Å². The maximum atomic E-state index is 11.6. The molecular weight excluding hydrogens is 242 g/mol.